The standard InChI is InChI=1S/C35H36ClN7O3/c1-5-24-18-29-30(40-33(24)45)17-23(19-38-29)16-22-12-14-43(15-13-22)26-8-6-25(7-9-26)34-41-42-35(46-34)32(21(3)44)39-27-10-11-28(37-4)31(36)20(27)2/h6-11,17-19,21-22,32,39,44H,5,12-16H2,1-3H3,(H,40,45)/t21-,32+/m0/s1. The molecule has 4 heterocycles. The van der Waals surface area contributed by atoms with Gasteiger partial charge in [-0.3, -0.25) is 9.78 Å². The van der Waals surface area contributed by atoms with Gasteiger partial charge in [0.1, 0.15) is 6.04 Å². The molecule has 2 atom stereocenters. The number of aryl methyl sites for hydroxylation is 1. The van der Waals surface area contributed by atoms with E-state index in [4.69, 9.17) is 22.6 Å². The minimum atomic E-state index is -0.840. The second-order valence-corrected chi connectivity index (χ2v) is 12.3. The number of piperidine rings is 1. The van der Waals surface area contributed by atoms with E-state index in [2.05, 4.69) is 53.4 Å². The van der Waals surface area contributed by atoms with Crippen LogP contribution in [0.1, 0.15) is 55.3 Å². The third-order valence-electron chi connectivity index (χ3n) is 8.81. The van der Waals surface area contributed by atoms with E-state index < -0.39 is 12.1 Å². The maximum absolute atomic E-state index is 12.3. The van der Waals surface area contributed by atoms with Gasteiger partial charge in [0.15, 0.2) is 0 Å². The van der Waals surface area contributed by atoms with Crippen LogP contribution in [0.15, 0.2) is 63.9 Å². The van der Waals surface area contributed by atoms with Crippen molar-refractivity contribution in [3.63, 3.8) is 0 Å². The highest BCUT2D eigenvalue weighted by molar-refractivity contribution is 6.34. The summed E-state index contributed by atoms with van der Waals surface area (Å²) in [7, 11) is 0. The zero-order valence-electron chi connectivity index (χ0n) is 26.0. The average Bonchev–Trinajstić information content (AvgIpc) is 3.55. The van der Waals surface area contributed by atoms with E-state index in [1.807, 2.05) is 38.2 Å². The van der Waals surface area contributed by atoms with Gasteiger partial charge in [0, 0.05) is 41.8 Å². The van der Waals surface area contributed by atoms with Crippen LogP contribution in [0.5, 0.6) is 0 Å². The first kappa shape index (κ1) is 31.3. The summed E-state index contributed by atoms with van der Waals surface area (Å²) in [5, 5.41) is 22.6. The lowest BCUT2D eigenvalue weighted by Gasteiger charge is -2.33. The topological polar surface area (TPSA) is 125 Å². The minimum Gasteiger partial charge on any atom is -0.418 e. The Morgan fingerprint density at radius 1 is 1.17 bits per heavy atom. The first-order valence-electron chi connectivity index (χ1n) is 15.5. The molecule has 1 aliphatic rings. The third-order valence-corrected chi connectivity index (χ3v) is 9.29. The van der Waals surface area contributed by atoms with Gasteiger partial charge in [-0.05, 0) is 99.0 Å². The number of nitrogens with one attached hydrogen (secondary N) is 2. The number of fused-ring (bicyclic) bond motifs is 1. The summed E-state index contributed by atoms with van der Waals surface area (Å²) >= 11 is 6.35. The van der Waals surface area contributed by atoms with Gasteiger partial charge >= 0.3 is 0 Å². The van der Waals surface area contributed by atoms with Crippen LogP contribution < -0.4 is 15.8 Å². The van der Waals surface area contributed by atoms with Crippen LogP contribution >= 0.6 is 11.6 Å². The van der Waals surface area contributed by atoms with Crippen molar-refractivity contribution < 1.29 is 9.52 Å². The lowest BCUT2D eigenvalue weighted by Crippen LogP contribution is -2.34. The van der Waals surface area contributed by atoms with E-state index in [1.54, 1.807) is 19.1 Å². The van der Waals surface area contributed by atoms with Crippen molar-refractivity contribution >= 4 is 39.7 Å². The molecule has 1 fully saturated rings. The van der Waals surface area contributed by atoms with E-state index in [9.17, 15) is 9.90 Å². The van der Waals surface area contributed by atoms with Crippen LogP contribution in [0.25, 0.3) is 27.3 Å². The molecule has 0 amide bonds. The lowest BCUT2D eigenvalue weighted by molar-refractivity contribution is 0.159. The molecule has 46 heavy (non-hydrogen) atoms. The second-order valence-electron chi connectivity index (χ2n) is 11.9. The summed E-state index contributed by atoms with van der Waals surface area (Å²) in [5.41, 5.74) is 7.18. The van der Waals surface area contributed by atoms with Crippen LogP contribution in [0.2, 0.25) is 5.02 Å². The Morgan fingerprint density at radius 3 is 2.63 bits per heavy atom. The van der Waals surface area contributed by atoms with Crippen LogP contribution in [0.4, 0.5) is 17.1 Å². The van der Waals surface area contributed by atoms with E-state index in [0.29, 0.717) is 40.2 Å². The number of H-pyrrole nitrogens is 1. The van der Waals surface area contributed by atoms with Crippen molar-refractivity contribution in [3.05, 3.63) is 104 Å². The number of aromatic amines is 1. The maximum atomic E-state index is 12.3. The van der Waals surface area contributed by atoms with Gasteiger partial charge in [-0.15, -0.1) is 10.2 Å². The molecule has 5 aromatic rings. The zero-order valence-corrected chi connectivity index (χ0v) is 26.8. The van der Waals surface area contributed by atoms with Gasteiger partial charge in [0.25, 0.3) is 5.56 Å². The molecule has 0 spiro atoms. The number of anilines is 2. The van der Waals surface area contributed by atoms with Gasteiger partial charge < -0.3 is 24.7 Å². The molecule has 11 heteroatoms. The normalized spacial score (nSPS) is 15.1. The Labute approximate surface area is 272 Å². The first-order valence-corrected chi connectivity index (χ1v) is 15.9. The quantitative estimate of drug-likeness (QED) is 0.147. The molecule has 0 aliphatic carbocycles. The Morgan fingerprint density at radius 2 is 1.93 bits per heavy atom. The molecule has 236 valence electrons. The average molecular weight is 638 g/mol. The van der Waals surface area contributed by atoms with Crippen LogP contribution in [0, 0.1) is 19.4 Å². The number of hydrogen-bond donors (Lipinski definition) is 3. The Hall–Kier alpha value is -4.72. The number of halogens is 1. The van der Waals surface area contributed by atoms with Crippen LogP contribution in [0.3, 0.4) is 0 Å². The van der Waals surface area contributed by atoms with Gasteiger partial charge in [-0.25, -0.2) is 4.85 Å². The molecule has 3 aromatic heterocycles. The Balaban J connectivity index is 1.08. The smallest absolute Gasteiger partial charge is 0.251 e. The van der Waals surface area contributed by atoms with Gasteiger partial charge in [0.05, 0.1) is 28.7 Å². The minimum absolute atomic E-state index is 0.0323. The molecule has 10 nitrogen and oxygen atoms in total. The Kier molecular flexibility index (Phi) is 9.06. The molecular formula is C35H36ClN7O3. The SMILES string of the molecule is [C-]#[N+]c1ccc(N[C@@H](c2nnc(-c3ccc(N4CCC(Cc5cnc6cc(CC)c(=O)[nH]c6c5)CC4)cc3)o2)[C@H](C)O)c(C)c1Cl. The van der Waals surface area contributed by atoms with Crippen molar-refractivity contribution in [2.45, 2.75) is 58.6 Å². The summed E-state index contributed by atoms with van der Waals surface area (Å²) in [6.07, 6.45) is 4.86. The fraction of sp³-hybridized carbons (Fsp3) is 0.343. The molecule has 0 bridgehead atoms. The zero-order chi connectivity index (χ0) is 32.4. The molecule has 6 rings (SSSR count). The highest BCUT2D eigenvalue weighted by atomic mass is 35.5. The molecule has 0 unspecified atom stereocenters. The van der Waals surface area contributed by atoms with E-state index >= 15 is 0 Å². The molecule has 2 aromatic carbocycles. The number of aliphatic hydroxyl groups is 1. The van der Waals surface area contributed by atoms with Crippen molar-refractivity contribution in [2.24, 2.45) is 5.92 Å². The molecule has 0 radical (unpaired) electrons. The predicted octanol–water partition coefficient (Wildman–Crippen LogP) is 7.04. The Bertz CT molecular complexity index is 1950. The third kappa shape index (κ3) is 6.48. The van der Waals surface area contributed by atoms with Crippen molar-refractivity contribution in [1.82, 2.24) is 20.2 Å². The number of hydrogen-bond acceptors (Lipinski definition) is 8. The second kappa shape index (κ2) is 13.3. The highest BCUT2D eigenvalue weighted by Gasteiger charge is 2.26. The number of nitrogens with zero attached hydrogens (tertiary/aromatic N) is 5. The number of pyridine rings is 2. The largest absolute Gasteiger partial charge is 0.418 e. The monoisotopic (exact) mass is 637 g/mol. The fourth-order valence-corrected chi connectivity index (χ4v) is 6.24. The summed E-state index contributed by atoms with van der Waals surface area (Å²) < 4.78 is 6.02. The summed E-state index contributed by atoms with van der Waals surface area (Å²) in [6, 6.07) is 14.8. The number of aromatic nitrogens is 4. The number of rotatable bonds is 9. The van der Waals surface area contributed by atoms with E-state index in [1.165, 1.54) is 0 Å². The van der Waals surface area contributed by atoms with Crippen LogP contribution in [-0.2, 0) is 12.8 Å². The van der Waals surface area contributed by atoms with E-state index in [0.717, 1.165) is 65.8 Å². The van der Waals surface area contributed by atoms with E-state index in [-0.39, 0.29) is 11.4 Å². The van der Waals surface area contributed by atoms with Gasteiger partial charge in [-0.1, -0.05) is 24.6 Å². The van der Waals surface area contributed by atoms with Gasteiger partial charge in [0.2, 0.25) is 17.5 Å². The predicted molar refractivity (Wildman–Crippen MR) is 181 cm³/mol. The van der Waals surface area contributed by atoms with Crippen molar-refractivity contribution in [1.29, 1.82) is 0 Å². The summed E-state index contributed by atoms with van der Waals surface area (Å²) in [5.74, 6) is 1.16. The first-order chi connectivity index (χ1) is 22.2. The molecule has 0 saturated carbocycles. The number of aliphatic hydroxyl groups excluding tert-OH is 1. The van der Waals surface area contributed by atoms with Crippen LogP contribution in [-0.4, -0.2) is 44.5 Å². The van der Waals surface area contributed by atoms with Crippen molar-refractivity contribution in [2.75, 3.05) is 23.3 Å². The molecular weight excluding hydrogens is 602 g/mol. The fourth-order valence-electron chi connectivity index (χ4n) is 6.03. The van der Waals surface area contributed by atoms with Gasteiger partial charge in [-0.2, -0.15) is 0 Å². The highest BCUT2D eigenvalue weighted by Crippen LogP contribution is 2.36. The van der Waals surface area contributed by atoms with Crippen molar-refractivity contribution in [3.8, 4) is 11.5 Å². The maximum Gasteiger partial charge on any atom is 0.251 e. The lowest BCUT2D eigenvalue weighted by atomic mass is 9.90. The number of benzene rings is 2. The summed E-state index contributed by atoms with van der Waals surface area (Å²) in [4.78, 5) is 25.7. The molecule has 1 saturated heterocycles. The summed E-state index contributed by atoms with van der Waals surface area (Å²) in [6.45, 7) is 14.6. The molecule has 1 aliphatic heterocycles. The molecule has 3 N–H and O–H groups in total.